The molecule has 0 saturated carbocycles. The molecule has 0 spiro atoms. The quantitative estimate of drug-likeness (QED) is 0.101. The van der Waals surface area contributed by atoms with E-state index in [1.165, 1.54) is 0 Å². The van der Waals surface area contributed by atoms with Gasteiger partial charge in [-0.2, -0.15) is 0 Å². The molecule has 8 heteroatoms. The molecule has 3 aromatic heterocycles. The van der Waals surface area contributed by atoms with E-state index in [0.29, 0.717) is 0 Å². The summed E-state index contributed by atoms with van der Waals surface area (Å²) in [6.45, 7) is 17.5. The number of rotatable bonds is 16. The van der Waals surface area contributed by atoms with E-state index in [2.05, 4.69) is 162 Å². The largest absolute Gasteiger partial charge is 0.490 e. The number of hydrogen-bond donors (Lipinski definition) is 2. The van der Waals surface area contributed by atoms with Crippen molar-refractivity contribution in [1.82, 2.24) is 19.9 Å². The summed E-state index contributed by atoms with van der Waals surface area (Å²) in [4.78, 5) is 18.7. The lowest BCUT2D eigenvalue weighted by Gasteiger charge is -2.18. The number of H-pyrrole nitrogens is 2. The van der Waals surface area contributed by atoms with Crippen molar-refractivity contribution in [3.05, 3.63) is 97.1 Å². The Bertz CT molecular complexity index is 2780. The highest BCUT2D eigenvalue weighted by molar-refractivity contribution is 6.13. The molecule has 0 saturated heterocycles. The first kappa shape index (κ1) is 43.0. The lowest BCUT2D eigenvalue weighted by Crippen LogP contribution is -2.14. The smallest absolute Gasteiger partial charge is 0.129 e. The number of aromatic nitrogens is 4. The van der Waals surface area contributed by atoms with Crippen LogP contribution in [-0.4, -0.2) is 44.4 Å². The zero-order chi connectivity index (χ0) is 44.5. The van der Waals surface area contributed by atoms with Gasteiger partial charge in [-0.3, -0.25) is 0 Å². The molecule has 0 fully saturated rings. The second-order valence-electron chi connectivity index (χ2n) is 17.2. The van der Waals surface area contributed by atoms with Gasteiger partial charge >= 0.3 is 0 Å². The van der Waals surface area contributed by atoms with Gasteiger partial charge < -0.3 is 28.9 Å². The molecule has 2 aliphatic heterocycles. The number of nitrogens with one attached hydrogen (secondary N) is 2. The van der Waals surface area contributed by atoms with E-state index in [4.69, 9.17) is 28.9 Å². The molecular formula is C56H62N4O4. The summed E-state index contributed by atoms with van der Waals surface area (Å²) in [5.74, 6) is 3.35. The third-order valence-electron chi connectivity index (χ3n) is 13.3. The molecule has 4 aromatic carbocycles. The van der Waals surface area contributed by atoms with Crippen LogP contribution < -0.4 is 18.9 Å². The zero-order valence-corrected chi connectivity index (χ0v) is 38.7. The van der Waals surface area contributed by atoms with Crippen molar-refractivity contribution in [2.45, 2.75) is 131 Å². The van der Waals surface area contributed by atoms with Crippen LogP contribution in [0.3, 0.4) is 0 Å². The average molecular weight is 855 g/mol. The Kier molecular flexibility index (Phi) is 12.4. The van der Waals surface area contributed by atoms with Crippen molar-refractivity contribution in [2.24, 2.45) is 0 Å². The van der Waals surface area contributed by atoms with Crippen molar-refractivity contribution in [3.63, 3.8) is 0 Å². The number of benzene rings is 4. The first-order chi connectivity index (χ1) is 31.3. The standard InChI is InChI=1S/C56H62N4O4/c1-9-33(10-2)61-49-25-17-21-37-41-30-46-55-39(23-19-27-51(55)63-35(13-5)14-6)43(59-46)32-48-56-40(24-20-28-52(56)64-36(15-7)16-8)44(60-48)31-47-54-38(42(58-47)29-45(57-41)53(37)49)22-18-26-50(54)62-34(11-3)12-4/h17-36,57,60H,9-16H2,1-8H3. The Morgan fingerprint density at radius 2 is 0.688 bits per heavy atom. The van der Waals surface area contributed by atoms with Crippen LogP contribution in [0.5, 0.6) is 23.0 Å². The van der Waals surface area contributed by atoms with Gasteiger partial charge in [-0.15, -0.1) is 0 Å². The fraction of sp³-hybridized carbons (Fsp3) is 0.357. The Hall–Kier alpha value is -6.28. The van der Waals surface area contributed by atoms with Crippen LogP contribution in [-0.2, 0) is 0 Å². The van der Waals surface area contributed by atoms with E-state index in [1.54, 1.807) is 0 Å². The van der Waals surface area contributed by atoms with Crippen molar-refractivity contribution < 1.29 is 18.9 Å². The number of aromatic amines is 2. The molecule has 5 heterocycles. The third kappa shape index (κ3) is 7.86. The first-order valence-corrected chi connectivity index (χ1v) is 23.9. The summed E-state index contributed by atoms with van der Waals surface area (Å²) >= 11 is 0. The SMILES string of the molecule is CCC(CC)Oc1cccc2c1-c1cc3[nH]c(cc4nc(cc5[nH]c(cc-2n1)c1c(OC(CC)CC)cccc51)-c1c(OC(CC)CC)cccc1-4)c1c(OC(CC)CC)cccc31. The van der Waals surface area contributed by atoms with E-state index in [0.717, 1.165) is 163 Å². The molecule has 9 rings (SSSR count). The van der Waals surface area contributed by atoms with Crippen molar-refractivity contribution in [2.75, 3.05) is 0 Å². The molecule has 0 amide bonds. The van der Waals surface area contributed by atoms with E-state index < -0.39 is 0 Å². The van der Waals surface area contributed by atoms with Crippen LogP contribution in [0.1, 0.15) is 107 Å². The fourth-order valence-electron chi connectivity index (χ4n) is 9.48. The van der Waals surface area contributed by atoms with Gasteiger partial charge in [-0.05, 0) is 99.9 Å². The minimum absolute atomic E-state index is 0.0762. The maximum atomic E-state index is 6.82. The van der Waals surface area contributed by atoms with Crippen LogP contribution in [0.2, 0.25) is 0 Å². The van der Waals surface area contributed by atoms with E-state index in [9.17, 15) is 0 Å². The zero-order valence-electron chi connectivity index (χ0n) is 38.7. The minimum atomic E-state index is 0.0762. The van der Waals surface area contributed by atoms with E-state index >= 15 is 0 Å². The molecule has 0 radical (unpaired) electrons. The highest BCUT2D eigenvalue weighted by Crippen LogP contribution is 2.47. The highest BCUT2D eigenvalue weighted by atomic mass is 16.5. The monoisotopic (exact) mass is 854 g/mol. The van der Waals surface area contributed by atoms with Crippen molar-refractivity contribution in [3.8, 4) is 68.0 Å². The lowest BCUT2D eigenvalue weighted by molar-refractivity contribution is 0.193. The van der Waals surface area contributed by atoms with Crippen LogP contribution >= 0.6 is 0 Å². The summed E-state index contributed by atoms with van der Waals surface area (Å²) in [5, 5.41) is 4.11. The second kappa shape index (κ2) is 18.4. The molecule has 2 N–H and O–H groups in total. The number of fused-ring (bicyclic) bond motifs is 20. The van der Waals surface area contributed by atoms with Gasteiger partial charge in [0.2, 0.25) is 0 Å². The van der Waals surface area contributed by atoms with E-state index in [1.807, 2.05) is 0 Å². The van der Waals surface area contributed by atoms with Gasteiger partial charge in [0.25, 0.3) is 0 Å². The molecule has 0 unspecified atom stereocenters. The van der Waals surface area contributed by atoms with Gasteiger partial charge in [-0.1, -0.05) is 104 Å². The maximum absolute atomic E-state index is 6.82. The van der Waals surface area contributed by atoms with Gasteiger partial charge in [0.1, 0.15) is 23.0 Å². The summed E-state index contributed by atoms with van der Waals surface area (Å²) in [6.07, 6.45) is 7.57. The Morgan fingerprint density at radius 1 is 0.375 bits per heavy atom. The average Bonchev–Trinajstić information content (AvgIpc) is 4.07. The third-order valence-corrected chi connectivity index (χ3v) is 13.3. The molecule has 8 bridgehead atoms. The molecule has 0 aliphatic carbocycles. The fourth-order valence-corrected chi connectivity index (χ4v) is 9.48. The van der Waals surface area contributed by atoms with Gasteiger partial charge in [0.05, 0.1) is 69.4 Å². The number of nitrogens with zero attached hydrogens (tertiary/aromatic N) is 2. The molecule has 64 heavy (non-hydrogen) atoms. The minimum Gasteiger partial charge on any atom is -0.490 e. The Morgan fingerprint density at radius 3 is 1.05 bits per heavy atom. The molecule has 8 nitrogen and oxygen atoms in total. The summed E-state index contributed by atoms with van der Waals surface area (Å²) in [5.41, 5.74) is 11.0. The normalized spacial score (nSPS) is 12.2. The van der Waals surface area contributed by atoms with Crippen LogP contribution in [0, 0.1) is 0 Å². The van der Waals surface area contributed by atoms with Gasteiger partial charge in [0.15, 0.2) is 0 Å². The van der Waals surface area contributed by atoms with Crippen LogP contribution in [0.15, 0.2) is 97.1 Å². The Balaban J connectivity index is 1.45. The second-order valence-corrected chi connectivity index (χ2v) is 17.2. The number of hydrogen-bond acceptors (Lipinski definition) is 6. The predicted octanol–water partition coefficient (Wildman–Crippen LogP) is 15.6. The molecular weight excluding hydrogens is 793 g/mol. The molecule has 330 valence electrons. The Labute approximate surface area is 377 Å². The van der Waals surface area contributed by atoms with Gasteiger partial charge in [0, 0.05) is 43.7 Å². The predicted molar refractivity (Wildman–Crippen MR) is 265 cm³/mol. The topological polar surface area (TPSA) is 94.3 Å². The summed E-state index contributed by atoms with van der Waals surface area (Å²) < 4.78 is 27.3. The van der Waals surface area contributed by atoms with Gasteiger partial charge in [-0.25, -0.2) is 9.97 Å². The van der Waals surface area contributed by atoms with E-state index in [-0.39, 0.29) is 24.4 Å². The summed E-state index contributed by atoms with van der Waals surface area (Å²) in [6, 6.07) is 34.1. The van der Waals surface area contributed by atoms with Crippen LogP contribution in [0.4, 0.5) is 0 Å². The lowest BCUT2D eigenvalue weighted by atomic mass is 10.0. The van der Waals surface area contributed by atoms with Crippen molar-refractivity contribution in [1.29, 1.82) is 0 Å². The number of ether oxygens (including phenoxy) is 4. The van der Waals surface area contributed by atoms with Crippen LogP contribution in [0.25, 0.3) is 88.6 Å². The molecule has 7 aromatic rings. The molecule has 0 atom stereocenters. The summed E-state index contributed by atoms with van der Waals surface area (Å²) in [7, 11) is 0. The maximum Gasteiger partial charge on any atom is 0.129 e. The highest BCUT2D eigenvalue weighted by Gasteiger charge is 2.26. The molecule has 2 aliphatic rings. The van der Waals surface area contributed by atoms with Crippen molar-refractivity contribution >= 4 is 43.6 Å². The first-order valence-electron chi connectivity index (χ1n) is 23.9.